The summed E-state index contributed by atoms with van der Waals surface area (Å²) in [4.78, 5) is 37.9. The molecule has 0 fully saturated rings. The Morgan fingerprint density at radius 2 is 1.27 bits per heavy atom. The highest BCUT2D eigenvalue weighted by Gasteiger charge is 2.12. The highest BCUT2D eigenvalue weighted by atomic mass is 16.3. The number of anilines is 1. The number of nitrogens with zero attached hydrogens (tertiary/aromatic N) is 5. The highest BCUT2D eigenvalue weighted by Crippen LogP contribution is 2.10. The maximum atomic E-state index is 10.1. The second-order valence-corrected chi connectivity index (χ2v) is 11.0. The van der Waals surface area contributed by atoms with E-state index in [0.717, 1.165) is 81.5 Å². The largest absolute Gasteiger partial charge is 0.394 e. The normalized spacial score (nSPS) is 11.1. The molecule has 12 heteroatoms. The minimum Gasteiger partial charge on any atom is -0.394 e. The van der Waals surface area contributed by atoms with Gasteiger partial charge >= 0.3 is 0 Å². The molecule has 0 radical (unpaired) electrons. The summed E-state index contributed by atoms with van der Waals surface area (Å²) >= 11 is 0. The Kier molecular flexibility index (Phi) is 21.8. The standard InChI is InChI=1S/C22H27N5.C11H16N2O.C4H9NO3/c1-2-26(17-20-9-3-6-12-23-20)15-16-27(18-21-10-4-7-13-24-21)19-22-11-5-8-14-25-22;1-2-12-8-7-10-3-5-11(6-4-10)13-9-14;6-2-4(8)1-5-3-7/h3-14H,2,15-19H2,1H3;3-6,9,12H,2,7-8H2,1H3,(H,13,14);3-4,6,8H,1-2H2,(H,5,7). The Morgan fingerprint density at radius 1 is 0.735 bits per heavy atom. The summed E-state index contributed by atoms with van der Waals surface area (Å²) < 4.78 is 0. The Morgan fingerprint density at radius 3 is 1.69 bits per heavy atom. The van der Waals surface area contributed by atoms with E-state index in [-0.39, 0.29) is 13.2 Å². The van der Waals surface area contributed by atoms with Gasteiger partial charge in [-0.15, -0.1) is 0 Å². The van der Waals surface area contributed by atoms with E-state index >= 15 is 0 Å². The van der Waals surface area contributed by atoms with Crippen LogP contribution < -0.4 is 16.0 Å². The molecule has 4 aromatic rings. The Labute approximate surface area is 290 Å². The van der Waals surface area contributed by atoms with Crippen LogP contribution in [-0.4, -0.2) is 99.8 Å². The van der Waals surface area contributed by atoms with E-state index in [9.17, 15) is 9.59 Å². The molecule has 0 aliphatic carbocycles. The van der Waals surface area contributed by atoms with Crippen molar-refractivity contribution in [3.8, 4) is 0 Å². The maximum absolute atomic E-state index is 10.1. The zero-order valence-corrected chi connectivity index (χ0v) is 28.7. The highest BCUT2D eigenvalue weighted by molar-refractivity contribution is 5.71. The molecule has 2 amide bonds. The number of hydrogen-bond donors (Lipinski definition) is 5. The van der Waals surface area contributed by atoms with Crippen molar-refractivity contribution in [3.05, 3.63) is 120 Å². The van der Waals surface area contributed by atoms with Gasteiger partial charge in [0, 0.05) is 63.5 Å². The number of carbonyl (C=O) groups is 2. The van der Waals surface area contributed by atoms with Gasteiger partial charge in [0.05, 0.1) is 29.8 Å². The second kappa shape index (κ2) is 26.4. The lowest BCUT2D eigenvalue weighted by molar-refractivity contribution is -0.110. The van der Waals surface area contributed by atoms with Crippen molar-refractivity contribution in [2.24, 2.45) is 0 Å². The molecule has 0 saturated heterocycles. The first-order chi connectivity index (χ1) is 24.0. The van der Waals surface area contributed by atoms with Crippen LogP contribution in [-0.2, 0) is 35.6 Å². The molecule has 3 aromatic heterocycles. The first-order valence-electron chi connectivity index (χ1n) is 16.6. The van der Waals surface area contributed by atoms with Crippen LogP contribution in [0.3, 0.4) is 0 Å². The number of benzene rings is 1. The Bertz CT molecular complexity index is 1330. The third-order valence-corrected chi connectivity index (χ3v) is 7.18. The third kappa shape index (κ3) is 19.1. The van der Waals surface area contributed by atoms with Crippen molar-refractivity contribution in [1.82, 2.24) is 35.4 Å². The fourth-order valence-electron chi connectivity index (χ4n) is 4.50. The second-order valence-electron chi connectivity index (χ2n) is 11.0. The first kappa shape index (κ1) is 40.6. The number of carbonyl (C=O) groups excluding carboxylic acids is 2. The Hall–Kier alpha value is -4.59. The molecule has 5 N–H and O–H groups in total. The number of aliphatic hydroxyl groups excluding tert-OH is 2. The summed E-state index contributed by atoms with van der Waals surface area (Å²) in [7, 11) is 0. The summed E-state index contributed by atoms with van der Waals surface area (Å²) in [5.41, 5.74) is 5.40. The maximum Gasteiger partial charge on any atom is 0.211 e. The average Bonchev–Trinajstić information content (AvgIpc) is 3.15. The summed E-state index contributed by atoms with van der Waals surface area (Å²) in [6.07, 6.45) is 6.92. The Balaban J connectivity index is 0.000000315. The minimum atomic E-state index is -0.833. The number of pyridine rings is 3. The van der Waals surface area contributed by atoms with E-state index < -0.39 is 6.10 Å². The molecule has 12 nitrogen and oxygen atoms in total. The first-order valence-corrected chi connectivity index (χ1v) is 16.6. The molecule has 0 aliphatic heterocycles. The molecule has 4 rings (SSSR count). The third-order valence-electron chi connectivity index (χ3n) is 7.18. The van der Waals surface area contributed by atoms with E-state index in [1.165, 1.54) is 5.56 Å². The van der Waals surface area contributed by atoms with Gasteiger partial charge in [-0.25, -0.2) is 0 Å². The molecule has 49 heavy (non-hydrogen) atoms. The van der Waals surface area contributed by atoms with E-state index in [0.29, 0.717) is 12.8 Å². The van der Waals surface area contributed by atoms with Gasteiger partial charge in [0.25, 0.3) is 0 Å². The molecule has 0 saturated carbocycles. The molecule has 0 bridgehead atoms. The summed E-state index contributed by atoms with van der Waals surface area (Å²) in [6, 6.07) is 26.1. The van der Waals surface area contributed by atoms with Gasteiger partial charge < -0.3 is 26.2 Å². The van der Waals surface area contributed by atoms with Gasteiger partial charge in [-0.2, -0.15) is 0 Å². The summed E-state index contributed by atoms with van der Waals surface area (Å²) in [5.74, 6) is 0. The van der Waals surface area contributed by atoms with Gasteiger partial charge in [-0.1, -0.05) is 44.2 Å². The van der Waals surface area contributed by atoms with Crippen molar-refractivity contribution >= 4 is 18.5 Å². The summed E-state index contributed by atoms with van der Waals surface area (Å²) in [5, 5.41) is 24.8. The van der Waals surface area contributed by atoms with Crippen molar-refractivity contribution in [3.63, 3.8) is 0 Å². The van der Waals surface area contributed by atoms with Gasteiger partial charge in [0.2, 0.25) is 12.8 Å². The number of aromatic nitrogens is 3. The number of nitrogens with one attached hydrogen (secondary N) is 3. The van der Waals surface area contributed by atoms with E-state index in [2.05, 4.69) is 72.7 Å². The van der Waals surface area contributed by atoms with E-state index in [4.69, 9.17) is 10.2 Å². The number of aliphatic hydroxyl groups is 2. The van der Waals surface area contributed by atoms with Crippen molar-refractivity contribution in [2.75, 3.05) is 51.2 Å². The zero-order valence-electron chi connectivity index (χ0n) is 28.7. The van der Waals surface area contributed by atoms with Crippen LogP contribution in [0.5, 0.6) is 0 Å². The topological polar surface area (TPSA) is 156 Å². The van der Waals surface area contributed by atoms with Gasteiger partial charge in [-0.05, 0) is 80.1 Å². The van der Waals surface area contributed by atoms with Crippen LogP contribution in [0.15, 0.2) is 97.5 Å². The predicted octanol–water partition coefficient (Wildman–Crippen LogP) is 2.89. The van der Waals surface area contributed by atoms with Crippen molar-refractivity contribution in [1.29, 1.82) is 0 Å². The van der Waals surface area contributed by atoms with Crippen LogP contribution in [0.1, 0.15) is 36.5 Å². The van der Waals surface area contributed by atoms with Crippen LogP contribution in [0.25, 0.3) is 0 Å². The molecule has 3 heterocycles. The van der Waals surface area contributed by atoms with Crippen LogP contribution in [0, 0.1) is 0 Å². The molecular formula is C37H52N8O4. The van der Waals surface area contributed by atoms with Crippen LogP contribution >= 0.6 is 0 Å². The molecule has 1 aromatic carbocycles. The molecule has 0 spiro atoms. The smallest absolute Gasteiger partial charge is 0.211 e. The predicted molar refractivity (Wildman–Crippen MR) is 193 cm³/mol. The van der Waals surface area contributed by atoms with E-state index in [1.54, 1.807) is 0 Å². The number of amides is 2. The number of hydrogen-bond acceptors (Lipinski definition) is 10. The molecule has 264 valence electrons. The number of likely N-dealkylation sites (N-methyl/N-ethyl adjacent to an activating group) is 2. The van der Waals surface area contributed by atoms with Crippen molar-refractivity contribution in [2.45, 2.75) is 46.0 Å². The molecule has 1 atom stereocenters. The fourth-order valence-corrected chi connectivity index (χ4v) is 4.50. The summed E-state index contributed by atoms with van der Waals surface area (Å²) in [6.45, 7) is 11.5. The average molecular weight is 673 g/mol. The van der Waals surface area contributed by atoms with Crippen molar-refractivity contribution < 1.29 is 19.8 Å². The van der Waals surface area contributed by atoms with Crippen LogP contribution in [0.2, 0.25) is 0 Å². The van der Waals surface area contributed by atoms with Gasteiger partial charge in [0.1, 0.15) is 0 Å². The lowest BCUT2D eigenvalue weighted by atomic mass is 10.1. The molecule has 1 unspecified atom stereocenters. The van der Waals surface area contributed by atoms with Gasteiger partial charge in [0.15, 0.2) is 0 Å². The lowest BCUT2D eigenvalue weighted by Crippen LogP contribution is -2.35. The van der Waals surface area contributed by atoms with E-state index in [1.807, 2.05) is 79.3 Å². The zero-order chi connectivity index (χ0) is 35.4. The van der Waals surface area contributed by atoms with Crippen LogP contribution in [0.4, 0.5) is 5.69 Å². The monoisotopic (exact) mass is 672 g/mol. The lowest BCUT2D eigenvalue weighted by Gasteiger charge is -2.26. The SMILES string of the molecule is CCN(CCN(Cc1ccccn1)Cc1ccccn1)Cc1ccccn1.CCNCCc1ccc(NC=O)cc1.O=CNCC(O)CO. The molecule has 0 aliphatic rings. The minimum absolute atomic E-state index is 0.111. The quantitative estimate of drug-likeness (QED) is 0.0699. The number of rotatable bonds is 20. The molecular weight excluding hydrogens is 620 g/mol. The fraction of sp³-hybridized carbons (Fsp3) is 0.378. The van der Waals surface area contributed by atoms with Gasteiger partial charge in [-0.3, -0.25) is 34.3 Å².